The van der Waals surface area contributed by atoms with E-state index >= 15 is 0 Å². The molecule has 4 nitrogen and oxygen atoms in total. The SMILES string of the molecule is CCC(C)C(NC(=O)c1ccccc1)C(=O)Nc1cccc(Br)c1. The largest absolute Gasteiger partial charge is 0.340 e. The number of benzene rings is 2. The molecule has 126 valence electrons. The first-order chi connectivity index (χ1) is 11.5. The van der Waals surface area contributed by atoms with E-state index in [2.05, 4.69) is 26.6 Å². The zero-order valence-corrected chi connectivity index (χ0v) is 15.3. The second-order valence-electron chi connectivity index (χ2n) is 5.70. The van der Waals surface area contributed by atoms with E-state index in [0.29, 0.717) is 11.3 Å². The number of hydrogen-bond donors (Lipinski definition) is 2. The van der Waals surface area contributed by atoms with E-state index in [0.717, 1.165) is 10.9 Å². The number of halogens is 1. The molecule has 2 N–H and O–H groups in total. The Morgan fingerprint density at radius 3 is 2.42 bits per heavy atom. The lowest BCUT2D eigenvalue weighted by atomic mass is 9.97. The lowest BCUT2D eigenvalue weighted by Gasteiger charge is -2.23. The fraction of sp³-hybridized carbons (Fsp3) is 0.263. The predicted octanol–water partition coefficient (Wildman–Crippen LogP) is 4.23. The summed E-state index contributed by atoms with van der Waals surface area (Å²) >= 11 is 3.38. The van der Waals surface area contributed by atoms with E-state index in [1.165, 1.54) is 0 Å². The van der Waals surface area contributed by atoms with Crippen LogP contribution in [0.1, 0.15) is 30.6 Å². The van der Waals surface area contributed by atoms with Gasteiger partial charge < -0.3 is 10.6 Å². The molecule has 5 heteroatoms. The van der Waals surface area contributed by atoms with Gasteiger partial charge in [0.25, 0.3) is 5.91 Å². The van der Waals surface area contributed by atoms with Crippen molar-refractivity contribution in [3.8, 4) is 0 Å². The Morgan fingerprint density at radius 1 is 1.08 bits per heavy atom. The van der Waals surface area contributed by atoms with Crippen LogP contribution in [0.15, 0.2) is 59.1 Å². The van der Waals surface area contributed by atoms with Crippen LogP contribution < -0.4 is 10.6 Å². The van der Waals surface area contributed by atoms with Gasteiger partial charge in [0.15, 0.2) is 0 Å². The third kappa shape index (κ3) is 4.93. The molecule has 0 aromatic heterocycles. The minimum atomic E-state index is -0.596. The Balaban J connectivity index is 2.12. The van der Waals surface area contributed by atoms with Crippen molar-refractivity contribution in [1.82, 2.24) is 5.32 Å². The maximum atomic E-state index is 12.6. The van der Waals surface area contributed by atoms with Gasteiger partial charge in [0.2, 0.25) is 5.91 Å². The molecule has 0 spiro atoms. The summed E-state index contributed by atoms with van der Waals surface area (Å²) in [6.07, 6.45) is 0.783. The van der Waals surface area contributed by atoms with E-state index in [-0.39, 0.29) is 17.7 Å². The molecular weight excluding hydrogens is 368 g/mol. The molecule has 2 aromatic carbocycles. The summed E-state index contributed by atoms with van der Waals surface area (Å²) in [6.45, 7) is 3.95. The molecule has 0 aliphatic rings. The van der Waals surface area contributed by atoms with Gasteiger partial charge in [0.05, 0.1) is 0 Å². The van der Waals surface area contributed by atoms with Crippen LogP contribution in [0.2, 0.25) is 0 Å². The molecule has 2 amide bonds. The lowest BCUT2D eigenvalue weighted by molar-refractivity contribution is -0.119. The molecule has 0 heterocycles. The summed E-state index contributed by atoms with van der Waals surface area (Å²) in [5.41, 5.74) is 1.23. The molecule has 0 fully saturated rings. The molecule has 0 bridgehead atoms. The first-order valence-electron chi connectivity index (χ1n) is 7.93. The molecule has 0 saturated heterocycles. The van der Waals surface area contributed by atoms with Crippen molar-refractivity contribution >= 4 is 33.4 Å². The van der Waals surface area contributed by atoms with Gasteiger partial charge in [-0.3, -0.25) is 9.59 Å². The van der Waals surface area contributed by atoms with Gasteiger partial charge in [-0.2, -0.15) is 0 Å². The second-order valence-corrected chi connectivity index (χ2v) is 6.62. The van der Waals surface area contributed by atoms with Gasteiger partial charge in [-0.1, -0.05) is 60.5 Å². The van der Waals surface area contributed by atoms with Crippen molar-refractivity contribution in [2.45, 2.75) is 26.3 Å². The molecular formula is C19H21BrN2O2. The van der Waals surface area contributed by atoms with E-state index in [9.17, 15) is 9.59 Å². The highest BCUT2D eigenvalue weighted by Crippen LogP contribution is 2.17. The van der Waals surface area contributed by atoms with E-state index in [1.807, 2.05) is 44.2 Å². The summed E-state index contributed by atoms with van der Waals surface area (Å²) in [6, 6.07) is 15.7. The van der Waals surface area contributed by atoms with Crippen LogP contribution in [-0.4, -0.2) is 17.9 Å². The van der Waals surface area contributed by atoms with Crippen molar-refractivity contribution < 1.29 is 9.59 Å². The van der Waals surface area contributed by atoms with E-state index in [1.54, 1.807) is 24.3 Å². The number of anilines is 1. The minimum Gasteiger partial charge on any atom is -0.340 e. The molecule has 2 rings (SSSR count). The Kier molecular flexibility index (Phi) is 6.55. The molecule has 2 atom stereocenters. The number of rotatable bonds is 6. The van der Waals surface area contributed by atoms with Gasteiger partial charge in [-0.05, 0) is 36.2 Å². The Bertz CT molecular complexity index is 704. The van der Waals surface area contributed by atoms with Crippen LogP contribution in [0.3, 0.4) is 0 Å². The van der Waals surface area contributed by atoms with Crippen LogP contribution in [0.4, 0.5) is 5.69 Å². The van der Waals surface area contributed by atoms with Crippen LogP contribution in [0.5, 0.6) is 0 Å². The quantitative estimate of drug-likeness (QED) is 0.777. The van der Waals surface area contributed by atoms with Crippen molar-refractivity contribution in [3.63, 3.8) is 0 Å². The molecule has 0 aliphatic carbocycles. The first kappa shape index (κ1) is 18.2. The summed E-state index contributed by atoms with van der Waals surface area (Å²) in [5.74, 6) is -0.443. The van der Waals surface area contributed by atoms with Crippen molar-refractivity contribution in [3.05, 3.63) is 64.6 Å². The van der Waals surface area contributed by atoms with Crippen LogP contribution >= 0.6 is 15.9 Å². The second kappa shape index (κ2) is 8.64. The number of nitrogens with one attached hydrogen (secondary N) is 2. The van der Waals surface area contributed by atoms with Gasteiger partial charge in [0.1, 0.15) is 6.04 Å². The third-order valence-corrected chi connectivity index (χ3v) is 4.40. The average molecular weight is 389 g/mol. The topological polar surface area (TPSA) is 58.2 Å². The van der Waals surface area contributed by atoms with Gasteiger partial charge in [-0.15, -0.1) is 0 Å². The monoisotopic (exact) mass is 388 g/mol. The van der Waals surface area contributed by atoms with Gasteiger partial charge in [-0.25, -0.2) is 0 Å². The highest BCUT2D eigenvalue weighted by atomic mass is 79.9. The number of hydrogen-bond acceptors (Lipinski definition) is 2. The molecule has 0 aliphatic heterocycles. The van der Waals surface area contributed by atoms with Crippen molar-refractivity contribution in [2.24, 2.45) is 5.92 Å². The van der Waals surface area contributed by atoms with Crippen molar-refractivity contribution in [2.75, 3.05) is 5.32 Å². The number of amides is 2. The predicted molar refractivity (Wildman–Crippen MR) is 99.9 cm³/mol. The van der Waals surface area contributed by atoms with Gasteiger partial charge in [0, 0.05) is 15.7 Å². The molecule has 0 radical (unpaired) electrons. The van der Waals surface area contributed by atoms with E-state index in [4.69, 9.17) is 0 Å². The molecule has 0 saturated carbocycles. The normalized spacial score (nSPS) is 13.0. The minimum absolute atomic E-state index is 0.0183. The maximum Gasteiger partial charge on any atom is 0.251 e. The van der Waals surface area contributed by atoms with Crippen LogP contribution in [0, 0.1) is 5.92 Å². The summed E-state index contributed by atoms with van der Waals surface area (Å²) in [7, 11) is 0. The zero-order valence-electron chi connectivity index (χ0n) is 13.8. The van der Waals surface area contributed by atoms with E-state index < -0.39 is 6.04 Å². The first-order valence-corrected chi connectivity index (χ1v) is 8.73. The van der Waals surface area contributed by atoms with Crippen molar-refractivity contribution in [1.29, 1.82) is 0 Å². The summed E-state index contributed by atoms with van der Waals surface area (Å²) < 4.78 is 0.883. The average Bonchev–Trinajstić information content (AvgIpc) is 2.59. The summed E-state index contributed by atoms with van der Waals surface area (Å²) in [5, 5.41) is 5.73. The zero-order chi connectivity index (χ0) is 17.5. The smallest absolute Gasteiger partial charge is 0.251 e. The molecule has 24 heavy (non-hydrogen) atoms. The number of carbonyl (C=O) groups is 2. The molecule has 2 aromatic rings. The Labute approximate surface area is 150 Å². The van der Waals surface area contributed by atoms with Crippen LogP contribution in [0.25, 0.3) is 0 Å². The summed E-state index contributed by atoms with van der Waals surface area (Å²) in [4.78, 5) is 25.0. The standard InChI is InChI=1S/C19H21BrN2O2/c1-3-13(2)17(22-18(23)14-8-5-4-6-9-14)19(24)21-16-11-7-10-15(20)12-16/h4-13,17H,3H2,1-2H3,(H,21,24)(H,22,23). The van der Waals surface area contributed by atoms with Gasteiger partial charge >= 0.3 is 0 Å². The lowest BCUT2D eigenvalue weighted by Crippen LogP contribution is -2.47. The fourth-order valence-electron chi connectivity index (χ4n) is 2.30. The fourth-order valence-corrected chi connectivity index (χ4v) is 2.70. The Hall–Kier alpha value is -2.14. The van der Waals surface area contributed by atoms with Crippen LogP contribution in [-0.2, 0) is 4.79 Å². The number of carbonyl (C=O) groups excluding carboxylic acids is 2. The maximum absolute atomic E-state index is 12.6. The highest BCUT2D eigenvalue weighted by Gasteiger charge is 2.26. The third-order valence-electron chi connectivity index (χ3n) is 3.91. The molecule has 2 unspecified atom stereocenters. The highest BCUT2D eigenvalue weighted by molar-refractivity contribution is 9.10. The Morgan fingerprint density at radius 2 is 1.79 bits per heavy atom.